The summed E-state index contributed by atoms with van der Waals surface area (Å²) in [7, 11) is 1.26. The molecular formula is C18H13ClN4O4S. The first kappa shape index (κ1) is 19.6. The summed E-state index contributed by atoms with van der Waals surface area (Å²) < 4.78 is 4.74. The number of benzene rings is 2. The lowest BCUT2D eigenvalue weighted by Crippen LogP contribution is -2.08. The highest BCUT2D eigenvalue weighted by molar-refractivity contribution is 7.99. The van der Waals surface area contributed by atoms with Gasteiger partial charge in [-0.1, -0.05) is 35.5 Å². The zero-order valence-electron chi connectivity index (χ0n) is 14.5. The standard InChI is InChI=1S/C18H13ClN4O4S/c1-27-18(24)13-4-2-3-5-14(13)22-16-15(23(25)26)17(21-10-20-16)28-12-8-6-11(19)7-9-12/h2-10H,1H3,(H,20,21,22). The van der Waals surface area contributed by atoms with E-state index in [1.807, 2.05) is 0 Å². The number of aromatic nitrogens is 2. The normalized spacial score (nSPS) is 10.4. The minimum absolute atomic E-state index is 0.0344. The second kappa shape index (κ2) is 8.68. The molecule has 142 valence electrons. The van der Waals surface area contributed by atoms with Gasteiger partial charge in [0.2, 0.25) is 5.82 Å². The summed E-state index contributed by atoms with van der Waals surface area (Å²) in [6.07, 6.45) is 1.22. The predicted octanol–water partition coefficient (Wildman–Crippen LogP) is 4.72. The highest BCUT2D eigenvalue weighted by Crippen LogP contribution is 2.38. The molecule has 1 aromatic heterocycles. The van der Waals surface area contributed by atoms with Crippen LogP contribution in [0.15, 0.2) is 64.8 Å². The van der Waals surface area contributed by atoms with Gasteiger partial charge in [-0.3, -0.25) is 10.1 Å². The summed E-state index contributed by atoms with van der Waals surface area (Å²) in [5, 5.41) is 15.3. The molecule has 8 nitrogen and oxygen atoms in total. The first-order valence-electron chi connectivity index (χ1n) is 7.86. The van der Waals surface area contributed by atoms with Gasteiger partial charge in [-0.2, -0.15) is 0 Å². The third-order valence-electron chi connectivity index (χ3n) is 3.58. The molecule has 10 heteroatoms. The number of esters is 1. The van der Waals surface area contributed by atoms with Crippen LogP contribution in [0.3, 0.4) is 0 Å². The average molecular weight is 417 g/mol. The third kappa shape index (κ3) is 4.38. The zero-order valence-corrected chi connectivity index (χ0v) is 16.0. The van der Waals surface area contributed by atoms with E-state index in [1.54, 1.807) is 48.5 Å². The fraction of sp³-hybridized carbons (Fsp3) is 0.0556. The van der Waals surface area contributed by atoms with Crippen LogP contribution in [0.1, 0.15) is 10.4 Å². The molecule has 1 heterocycles. The summed E-state index contributed by atoms with van der Waals surface area (Å²) in [5.74, 6) is -0.608. The van der Waals surface area contributed by atoms with Gasteiger partial charge in [-0.15, -0.1) is 0 Å². The van der Waals surface area contributed by atoms with Gasteiger partial charge in [-0.05, 0) is 36.4 Å². The van der Waals surface area contributed by atoms with Crippen LogP contribution in [0.5, 0.6) is 0 Å². The first-order valence-corrected chi connectivity index (χ1v) is 9.06. The van der Waals surface area contributed by atoms with E-state index in [0.29, 0.717) is 10.7 Å². The molecule has 0 aliphatic rings. The Bertz CT molecular complexity index is 1030. The van der Waals surface area contributed by atoms with Crippen molar-refractivity contribution < 1.29 is 14.5 Å². The van der Waals surface area contributed by atoms with Crippen molar-refractivity contribution in [2.75, 3.05) is 12.4 Å². The van der Waals surface area contributed by atoms with E-state index in [9.17, 15) is 14.9 Å². The maximum absolute atomic E-state index is 11.9. The Labute approximate surface area is 169 Å². The topological polar surface area (TPSA) is 107 Å². The quantitative estimate of drug-likeness (QED) is 0.266. The predicted molar refractivity (Wildman–Crippen MR) is 105 cm³/mol. The van der Waals surface area contributed by atoms with E-state index in [0.717, 1.165) is 16.7 Å². The van der Waals surface area contributed by atoms with Gasteiger partial charge in [0.15, 0.2) is 5.03 Å². The molecule has 0 fully saturated rings. The maximum atomic E-state index is 11.9. The minimum atomic E-state index is -0.574. The molecule has 0 bridgehead atoms. The number of para-hydroxylation sites is 1. The van der Waals surface area contributed by atoms with Crippen LogP contribution in [0.25, 0.3) is 0 Å². The van der Waals surface area contributed by atoms with Gasteiger partial charge in [0.1, 0.15) is 6.33 Å². The van der Waals surface area contributed by atoms with Crippen molar-refractivity contribution >= 4 is 46.5 Å². The van der Waals surface area contributed by atoms with Gasteiger partial charge >= 0.3 is 11.7 Å². The summed E-state index contributed by atoms with van der Waals surface area (Å²) in [4.78, 5) is 31.8. The van der Waals surface area contributed by atoms with Gasteiger partial charge < -0.3 is 10.1 Å². The Hall–Kier alpha value is -3.17. The van der Waals surface area contributed by atoms with Crippen molar-refractivity contribution in [2.24, 2.45) is 0 Å². The van der Waals surface area contributed by atoms with E-state index >= 15 is 0 Å². The molecule has 3 rings (SSSR count). The van der Waals surface area contributed by atoms with Gasteiger partial charge in [0, 0.05) is 9.92 Å². The maximum Gasteiger partial charge on any atom is 0.343 e. The van der Waals surface area contributed by atoms with E-state index in [2.05, 4.69) is 15.3 Å². The Morgan fingerprint density at radius 3 is 2.57 bits per heavy atom. The number of carbonyl (C=O) groups is 1. The summed E-state index contributed by atoms with van der Waals surface area (Å²) >= 11 is 6.98. The van der Waals surface area contributed by atoms with Crippen molar-refractivity contribution in [3.63, 3.8) is 0 Å². The zero-order chi connectivity index (χ0) is 20.1. The first-order chi connectivity index (χ1) is 13.5. The Kier molecular flexibility index (Phi) is 6.07. The molecule has 0 spiro atoms. The van der Waals surface area contributed by atoms with Crippen molar-refractivity contribution in [3.8, 4) is 0 Å². The molecule has 0 aliphatic heterocycles. The molecular weight excluding hydrogens is 404 g/mol. The van der Waals surface area contributed by atoms with Crippen LogP contribution in [0, 0.1) is 10.1 Å². The molecule has 0 amide bonds. The Morgan fingerprint density at radius 2 is 1.89 bits per heavy atom. The van der Waals surface area contributed by atoms with Crippen molar-refractivity contribution in [2.45, 2.75) is 9.92 Å². The van der Waals surface area contributed by atoms with Crippen LogP contribution in [-0.4, -0.2) is 28.0 Å². The number of ether oxygens (including phenoxy) is 1. The number of methoxy groups -OCH3 is 1. The Morgan fingerprint density at radius 1 is 1.18 bits per heavy atom. The van der Waals surface area contributed by atoms with E-state index in [1.165, 1.54) is 13.4 Å². The molecule has 0 aliphatic carbocycles. The number of nitro groups is 1. The molecule has 2 aromatic carbocycles. The highest BCUT2D eigenvalue weighted by Gasteiger charge is 2.25. The number of carbonyl (C=O) groups excluding carboxylic acids is 1. The second-order valence-corrected chi connectivity index (χ2v) is 6.85. The Balaban J connectivity index is 2.00. The van der Waals surface area contributed by atoms with Gasteiger partial charge in [0.25, 0.3) is 0 Å². The highest BCUT2D eigenvalue weighted by atomic mass is 35.5. The number of nitrogens with zero attached hydrogens (tertiary/aromatic N) is 3. The van der Waals surface area contributed by atoms with E-state index < -0.39 is 10.9 Å². The van der Waals surface area contributed by atoms with Crippen LogP contribution in [0.4, 0.5) is 17.2 Å². The van der Waals surface area contributed by atoms with E-state index in [4.69, 9.17) is 16.3 Å². The third-order valence-corrected chi connectivity index (χ3v) is 4.84. The number of nitrogens with one attached hydrogen (secondary N) is 1. The average Bonchev–Trinajstić information content (AvgIpc) is 2.69. The van der Waals surface area contributed by atoms with E-state index in [-0.39, 0.29) is 22.1 Å². The molecule has 1 N–H and O–H groups in total. The molecule has 0 saturated carbocycles. The SMILES string of the molecule is COC(=O)c1ccccc1Nc1ncnc(Sc2ccc(Cl)cc2)c1[N+](=O)[O-]. The molecule has 0 atom stereocenters. The molecule has 3 aromatic rings. The number of halogens is 1. The lowest BCUT2D eigenvalue weighted by atomic mass is 10.2. The largest absolute Gasteiger partial charge is 0.465 e. The second-order valence-electron chi connectivity index (χ2n) is 5.35. The number of hydrogen-bond donors (Lipinski definition) is 1. The fourth-order valence-electron chi connectivity index (χ4n) is 2.32. The summed E-state index contributed by atoms with van der Waals surface area (Å²) in [5.41, 5.74) is 0.255. The van der Waals surface area contributed by atoms with Crippen LogP contribution < -0.4 is 5.32 Å². The van der Waals surface area contributed by atoms with Crippen molar-refractivity contribution in [3.05, 3.63) is 75.6 Å². The van der Waals surface area contributed by atoms with Crippen molar-refractivity contribution in [1.82, 2.24) is 9.97 Å². The van der Waals surface area contributed by atoms with Gasteiger partial charge in [-0.25, -0.2) is 14.8 Å². The molecule has 0 saturated heterocycles. The monoisotopic (exact) mass is 416 g/mol. The molecule has 0 unspecified atom stereocenters. The molecule has 28 heavy (non-hydrogen) atoms. The fourth-order valence-corrected chi connectivity index (χ4v) is 3.30. The van der Waals surface area contributed by atoms with Gasteiger partial charge in [0.05, 0.1) is 23.3 Å². The minimum Gasteiger partial charge on any atom is -0.465 e. The van der Waals surface area contributed by atoms with Crippen LogP contribution in [0.2, 0.25) is 5.02 Å². The smallest absolute Gasteiger partial charge is 0.343 e. The van der Waals surface area contributed by atoms with Crippen LogP contribution in [-0.2, 0) is 4.74 Å². The lowest BCUT2D eigenvalue weighted by molar-refractivity contribution is -0.387. The summed E-state index contributed by atoms with van der Waals surface area (Å²) in [6.45, 7) is 0. The number of rotatable bonds is 6. The summed E-state index contributed by atoms with van der Waals surface area (Å²) in [6, 6.07) is 13.3. The number of anilines is 2. The lowest BCUT2D eigenvalue weighted by Gasteiger charge is -2.11. The molecule has 0 radical (unpaired) electrons. The van der Waals surface area contributed by atoms with Crippen LogP contribution >= 0.6 is 23.4 Å². The van der Waals surface area contributed by atoms with Crippen molar-refractivity contribution in [1.29, 1.82) is 0 Å². The number of hydrogen-bond acceptors (Lipinski definition) is 8.